The lowest BCUT2D eigenvalue weighted by Crippen LogP contribution is -2.22. The summed E-state index contributed by atoms with van der Waals surface area (Å²) in [6, 6.07) is 0. The van der Waals surface area contributed by atoms with E-state index in [-0.39, 0.29) is 0 Å². The molecule has 0 spiro atoms. The van der Waals surface area contributed by atoms with Gasteiger partial charge in [0.25, 0.3) is 0 Å². The average Bonchev–Trinajstić information content (AvgIpc) is 2.64. The Bertz CT molecular complexity index is 215. The third-order valence-corrected chi connectivity index (χ3v) is 5.39. The van der Waals surface area contributed by atoms with Crippen molar-refractivity contribution in [2.45, 2.75) is 30.9 Å². The molecule has 0 aromatic carbocycles. The lowest BCUT2D eigenvalue weighted by atomic mass is 10.0. The van der Waals surface area contributed by atoms with Crippen molar-refractivity contribution in [3.05, 3.63) is 0 Å². The molecule has 13 heavy (non-hydrogen) atoms. The van der Waals surface area contributed by atoms with Crippen molar-refractivity contribution in [1.29, 1.82) is 0 Å². The molecule has 1 nitrogen and oxygen atoms in total. The van der Waals surface area contributed by atoms with Gasteiger partial charge in [0.05, 0.1) is 0 Å². The first-order valence-corrected chi connectivity index (χ1v) is 6.33. The molecule has 0 radical (unpaired) electrons. The molecule has 3 unspecified atom stereocenters. The van der Waals surface area contributed by atoms with Gasteiger partial charge in [-0.15, -0.1) is 0 Å². The highest BCUT2D eigenvalue weighted by molar-refractivity contribution is 8.23. The molecular weight excluding hydrogens is 198 g/mol. The molecule has 2 rings (SSSR count). The fourth-order valence-corrected chi connectivity index (χ4v) is 4.21. The van der Waals surface area contributed by atoms with E-state index in [2.05, 4.69) is 4.90 Å². The van der Waals surface area contributed by atoms with Gasteiger partial charge in [-0.05, 0) is 31.1 Å². The van der Waals surface area contributed by atoms with E-state index in [1.165, 1.54) is 25.7 Å². The Hall–Kier alpha value is 0.240. The Morgan fingerprint density at radius 2 is 2.08 bits per heavy atom. The summed E-state index contributed by atoms with van der Waals surface area (Å²) >= 11 is 7.25. The van der Waals surface area contributed by atoms with Crippen LogP contribution >= 0.6 is 24.0 Å². The summed E-state index contributed by atoms with van der Waals surface area (Å²) in [5, 5.41) is 0.841. The molecule has 74 valence electrons. The number of thioether (sulfide) groups is 1. The van der Waals surface area contributed by atoms with Crippen LogP contribution < -0.4 is 0 Å². The van der Waals surface area contributed by atoms with Crippen molar-refractivity contribution >= 4 is 28.3 Å². The van der Waals surface area contributed by atoms with Crippen molar-refractivity contribution < 1.29 is 0 Å². The normalized spacial score (nSPS) is 36.6. The monoisotopic (exact) mass is 215 g/mol. The first-order chi connectivity index (χ1) is 6.16. The Balaban J connectivity index is 1.86. The molecule has 0 aromatic heterocycles. The van der Waals surface area contributed by atoms with E-state index in [0.717, 1.165) is 21.4 Å². The van der Waals surface area contributed by atoms with Crippen molar-refractivity contribution in [2.75, 3.05) is 14.1 Å². The number of thiocarbonyl (C=S) groups is 1. The highest BCUT2D eigenvalue weighted by Crippen LogP contribution is 2.49. The molecule has 0 N–H and O–H groups in total. The largest absolute Gasteiger partial charge is 0.364 e. The third kappa shape index (κ3) is 2.01. The van der Waals surface area contributed by atoms with Crippen LogP contribution in [-0.2, 0) is 0 Å². The minimum Gasteiger partial charge on any atom is -0.364 e. The quantitative estimate of drug-likeness (QED) is 0.619. The van der Waals surface area contributed by atoms with E-state index in [4.69, 9.17) is 12.2 Å². The maximum Gasteiger partial charge on any atom is 0.136 e. The number of hydrogen-bond acceptors (Lipinski definition) is 2. The van der Waals surface area contributed by atoms with Gasteiger partial charge in [-0.2, -0.15) is 0 Å². The highest BCUT2D eigenvalue weighted by atomic mass is 32.2. The zero-order valence-electron chi connectivity index (χ0n) is 8.32. The maximum absolute atomic E-state index is 5.32. The van der Waals surface area contributed by atoms with Crippen molar-refractivity contribution in [3.63, 3.8) is 0 Å². The summed E-state index contributed by atoms with van der Waals surface area (Å²) in [7, 11) is 4.09. The lowest BCUT2D eigenvalue weighted by molar-refractivity contribution is 0.493. The van der Waals surface area contributed by atoms with E-state index < -0.39 is 0 Å². The van der Waals surface area contributed by atoms with E-state index in [1.54, 1.807) is 0 Å². The number of nitrogens with zero attached hydrogens (tertiary/aromatic N) is 1. The van der Waals surface area contributed by atoms with Crippen molar-refractivity contribution in [3.8, 4) is 0 Å². The lowest BCUT2D eigenvalue weighted by Gasteiger charge is -2.23. The van der Waals surface area contributed by atoms with Crippen LogP contribution in [-0.4, -0.2) is 28.6 Å². The minimum absolute atomic E-state index is 0.841. The molecule has 2 bridgehead atoms. The SMILES string of the molecule is CN(C)C(=S)SC1CC2CCC1C2. The summed E-state index contributed by atoms with van der Waals surface area (Å²) in [6.45, 7) is 0. The van der Waals surface area contributed by atoms with Gasteiger partial charge in [-0.3, -0.25) is 0 Å². The molecule has 0 aliphatic heterocycles. The van der Waals surface area contributed by atoms with E-state index in [9.17, 15) is 0 Å². The summed E-state index contributed by atoms with van der Waals surface area (Å²) in [6.07, 6.45) is 5.84. The van der Waals surface area contributed by atoms with Gasteiger partial charge in [0.2, 0.25) is 0 Å². The molecule has 0 heterocycles. The predicted molar refractivity (Wildman–Crippen MR) is 63.1 cm³/mol. The number of rotatable bonds is 1. The molecule has 2 aliphatic carbocycles. The molecule has 2 fully saturated rings. The number of fused-ring (bicyclic) bond motifs is 2. The second-order valence-corrected chi connectivity index (χ2v) is 6.36. The van der Waals surface area contributed by atoms with Crippen LogP contribution in [0.15, 0.2) is 0 Å². The Kier molecular flexibility index (Phi) is 2.84. The second kappa shape index (κ2) is 3.77. The molecule has 2 aliphatic rings. The van der Waals surface area contributed by atoms with Crippen LogP contribution in [0.2, 0.25) is 0 Å². The number of hydrogen-bond donors (Lipinski definition) is 0. The molecule has 3 heteroatoms. The first-order valence-electron chi connectivity index (χ1n) is 5.04. The molecule has 0 saturated heterocycles. The average molecular weight is 215 g/mol. The summed E-state index contributed by atoms with van der Waals surface area (Å²) in [5.74, 6) is 2.01. The van der Waals surface area contributed by atoms with Gasteiger partial charge in [0, 0.05) is 19.3 Å². The first kappa shape index (κ1) is 9.78. The topological polar surface area (TPSA) is 3.24 Å². The molecule has 0 aromatic rings. The van der Waals surface area contributed by atoms with Gasteiger partial charge < -0.3 is 4.90 Å². The minimum atomic E-state index is 0.841. The zero-order valence-corrected chi connectivity index (χ0v) is 9.96. The van der Waals surface area contributed by atoms with Crippen molar-refractivity contribution in [2.24, 2.45) is 11.8 Å². The van der Waals surface area contributed by atoms with Gasteiger partial charge in [-0.1, -0.05) is 30.4 Å². The maximum atomic E-state index is 5.32. The van der Waals surface area contributed by atoms with Gasteiger partial charge in [0.1, 0.15) is 4.32 Å². The summed E-state index contributed by atoms with van der Waals surface area (Å²) in [4.78, 5) is 2.06. The third-order valence-electron chi connectivity index (χ3n) is 3.29. The van der Waals surface area contributed by atoms with E-state index in [1.807, 2.05) is 25.9 Å². The van der Waals surface area contributed by atoms with Gasteiger partial charge in [-0.25, -0.2) is 0 Å². The fraction of sp³-hybridized carbons (Fsp3) is 0.900. The van der Waals surface area contributed by atoms with Gasteiger partial charge >= 0.3 is 0 Å². The van der Waals surface area contributed by atoms with Crippen LogP contribution in [0.5, 0.6) is 0 Å². The van der Waals surface area contributed by atoms with Gasteiger partial charge in [0.15, 0.2) is 0 Å². The Morgan fingerprint density at radius 1 is 1.31 bits per heavy atom. The summed E-state index contributed by atoms with van der Waals surface area (Å²) < 4.78 is 1.07. The molecule has 0 amide bonds. The molecule has 3 atom stereocenters. The Morgan fingerprint density at radius 3 is 2.54 bits per heavy atom. The second-order valence-electron chi connectivity index (χ2n) is 4.49. The highest BCUT2D eigenvalue weighted by Gasteiger charge is 2.40. The zero-order chi connectivity index (χ0) is 9.42. The van der Waals surface area contributed by atoms with Crippen molar-refractivity contribution in [1.82, 2.24) is 4.90 Å². The van der Waals surface area contributed by atoms with Crippen LogP contribution in [0.3, 0.4) is 0 Å². The smallest absolute Gasteiger partial charge is 0.136 e. The van der Waals surface area contributed by atoms with Crippen LogP contribution in [0.25, 0.3) is 0 Å². The van der Waals surface area contributed by atoms with Crippen LogP contribution in [0.1, 0.15) is 25.7 Å². The predicted octanol–water partition coefficient (Wildman–Crippen LogP) is 2.75. The summed E-state index contributed by atoms with van der Waals surface area (Å²) in [5.41, 5.74) is 0. The Labute approximate surface area is 90.3 Å². The van der Waals surface area contributed by atoms with Crippen LogP contribution in [0.4, 0.5) is 0 Å². The molecular formula is C10H17NS2. The van der Waals surface area contributed by atoms with Crippen LogP contribution in [0, 0.1) is 11.8 Å². The van der Waals surface area contributed by atoms with E-state index >= 15 is 0 Å². The fourth-order valence-electron chi connectivity index (χ4n) is 2.57. The molecule has 2 saturated carbocycles. The standard InChI is InChI=1S/C10H17NS2/c1-11(2)10(12)13-9-6-7-3-4-8(9)5-7/h7-9H,3-6H2,1-2H3. The van der Waals surface area contributed by atoms with E-state index in [0.29, 0.717) is 0 Å².